The van der Waals surface area contributed by atoms with Crippen LogP contribution in [0.5, 0.6) is 11.5 Å². The van der Waals surface area contributed by atoms with Crippen LogP contribution in [0.15, 0.2) is 42.5 Å². The van der Waals surface area contributed by atoms with Gasteiger partial charge in [0.25, 0.3) is 11.8 Å². The third-order valence-corrected chi connectivity index (χ3v) is 6.46. The van der Waals surface area contributed by atoms with Crippen molar-refractivity contribution in [3.63, 3.8) is 0 Å². The lowest BCUT2D eigenvalue weighted by Crippen LogP contribution is -2.48. The van der Waals surface area contributed by atoms with E-state index < -0.39 is 0 Å². The number of anilines is 1. The summed E-state index contributed by atoms with van der Waals surface area (Å²) in [5.41, 5.74) is 1.31. The van der Waals surface area contributed by atoms with Crippen LogP contribution >= 0.6 is 0 Å². The zero-order valence-corrected chi connectivity index (χ0v) is 21.7. The first-order valence-electron chi connectivity index (χ1n) is 11.9. The maximum Gasteiger partial charge on any atom is 0.257 e. The molecule has 1 aliphatic heterocycles. The average molecular weight is 498 g/mol. The number of fused-ring (bicyclic) bond motifs is 1. The predicted octanol–water partition coefficient (Wildman–Crippen LogP) is 3.30. The van der Waals surface area contributed by atoms with Gasteiger partial charge in [0.1, 0.15) is 18.1 Å². The van der Waals surface area contributed by atoms with Crippen molar-refractivity contribution >= 4 is 23.4 Å². The number of nitrogens with zero attached hydrogens (tertiary/aromatic N) is 2. The molecular formula is C27H35N3O6. The van der Waals surface area contributed by atoms with Crippen LogP contribution in [0, 0.1) is 5.92 Å². The summed E-state index contributed by atoms with van der Waals surface area (Å²) in [5, 5.41) is 2.85. The maximum atomic E-state index is 13.3. The number of amides is 3. The van der Waals surface area contributed by atoms with Crippen LogP contribution in [0.3, 0.4) is 0 Å². The van der Waals surface area contributed by atoms with Crippen molar-refractivity contribution in [1.82, 2.24) is 9.80 Å². The Morgan fingerprint density at radius 2 is 1.75 bits per heavy atom. The Morgan fingerprint density at radius 3 is 2.36 bits per heavy atom. The Kier molecular flexibility index (Phi) is 8.93. The van der Waals surface area contributed by atoms with Crippen molar-refractivity contribution in [1.29, 1.82) is 0 Å². The molecule has 0 aromatic heterocycles. The van der Waals surface area contributed by atoms with E-state index in [0.29, 0.717) is 41.4 Å². The summed E-state index contributed by atoms with van der Waals surface area (Å²) in [7, 11) is 4.88. The second kappa shape index (κ2) is 11.9. The van der Waals surface area contributed by atoms with Gasteiger partial charge >= 0.3 is 0 Å². The predicted molar refractivity (Wildman–Crippen MR) is 137 cm³/mol. The van der Waals surface area contributed by atoms with Crippen molar-refractivity contribution in [2.75, 3.05) is 46.3 Å². The van der Waals surface area contributed by atoms with Crippen LogP contribution in [0.25, 0.3) is 0 Å². The standard InChI is InChI=1S/C27H35N3O6/c1-17-14-30(19(3)31)18(2)16-36-24-13-21(28-26(32)20-7-10-22(34-5)11-8-20)9-12-23(24)27(33)29(4)15-25(17)35-6/h7-13,17-18,25H,14-16H2,1-6H3,(H,28,32)/t17-,18+,25-/m1/s1. The van der Waals surface area contributed by atoms with E-state index in [1.165, 1.54) is 6.92 Å². The summed E-state index contributed by atoms with van der Waals surface area (Å²) in [6.07, 6.45) is -0.250. The molecule has 1 heterocycles. The Balaban J connectivity index is 1.91. The van der Waals surface area contributed by atoms with E-state index in [0.717, 1.165) is 0 Å². The second-order valence-corrected chi connectivity index (χ2v) is 9.16. The lowest BCUT2D eigenvalue weighted by Gasteiger charge is -2.35. The van der Waals surface area contributed by atoms with Gasteiger partial charge in [-0.2, -0.15) is 0 Å². The summed E-state index contributed by atoms with van der Waals surface area (Å²) < 4.78 is 16.9. The number of hydrogen-bond donors (Lipinski definition) is 1. The number of carbonyl (C=O) groups is 3. The molecule has 0 saturated carbocycles. The molecule has 9 heteroatoms. The molecule has 36 heavy (non-hydrogen) atoms. The van der Waals surface area contributed by atoms with Crippen molar-refractivity contribution in [3.05, 3.63) is 53.6 Å². The highest BCUT2D eigenvalue weighted by molar-refractivity contribution is 6.05. The monoisotopic (exact) mass is 497 g/mol. The molecule has 2 aromatic carbocycles. The molecule has 0 radical (unpaired) electrons. The molecule has 0 aliphatic carbocycles. The van der Waals surface area contributed by atoms with E-state index in [1.54, 1.807) is 73.5 Å². The number of likely N-dealkylation sites (N-methyl/N-ethyl adjacent to an activating group) is 1. The summed E-state index contributed by atoms with van der Waals surface area (Å²) in [5.74, 6) is 0.408. The molecule has 3 rings (SSSR count). The molecular weight excluding hydrogens is 462 g/mol. The van der Waals surface area contributed by atoms with Crippen LogP contribution in [-0.2, 0) is 9.53 Å². The largest absolute Gasteiger partial charge is 0.497 e. The van der Waals surface area contributed by atoms with E-state index in [2.05, 4.69) is 5.32 Å². The topological polar surface area (TPSA) is 97.4 Å². The summed E-state index contributed by atoms with van der Waals surface area (Å²) in [6, 6.07) is 11.5. The summed E-state index contributed by atoms with van der Waals surface area (Å²) >= 11 is 0. The zero-order chi connectivity index (χ0) is 26.4. The molecule has 2 aromatic rings. The number of rotatable bonds is 4. The quantitative estimate of drug-likeness (QED) is 0.696. The highest BCUT2D eigenvalue weighted by Gasteiger charge is 2.29. The van der Waals surface area contributed by atoms with Crippen LogP contribution in [-0.4, -0.2) is 80.6 Å². The molecule has 0 unspecified atom stereocenters. The van der Waals surface area contributed by atoms with Gasteiger partial charge in [-0.25, -0.2) is 0 Å². The molecule has 0 bridgehead atoms. The Morgan fingerprint density at radius 1 is 1.06 bits per heavy atom. The molecule has 3 amide bonds. The van der Waals surface area contributed by atoms with Crippen LogP contribution in [0.2, 0.25) is 0 Å². The first-order valence-corrected chi connectivity index (χ1v) is 11.9. The molecule has 1 aliphatic rings. The third kappa shape index (κ3) is 6.34. The minimum atomic E-state index is -0.303. The molecule has 9 nitrogen and oxygen atoms in total. The molecule has 0 fully saturated rings. The van der Waals surface area contributed by atoms with Gasteiger partial charge in [0.05, 0.1) is 24.8 Å². The maximum absolute atomic E-state index is 13.3. The van der Waals surface area contributed by atoms with Gasteiger partial charge in [-0.3, -0.25) is 14.4 Å². The van der Waals surface area contributed by atoms with Crippen LogP contribution < -0.4 is 14.8 Å². The van der Waals surface area contributed by atoms with Crippen molar-refractivity contribution in [3.8, 4) is 11.5 Å². The lowest BCUT2D eigenvalue weighted by molar-refractivity contribution is -0.133. The van der Waals surface area contributed by atoms with E-state index in [9.17, 15) is 14.4 Å². The summed E-state index contributed by atoms with van der Waals surface area (Å²) in [6.45, 7) is 6.46. The van der Waals surface area contributed by atoms with Gasteiger partial charge < -0.3 is 29.3 Å². The third-order valence-electron chi connectivity index (χ3n) is 6.46. The van der Waals surface area contributed by atoms with Gasteiger partial charge in [-0.05, 0) is 43.3 Å². The molecule has 1 N–H and O–H groups in total. The number of hydrogen-bond acceptors (Lipinski definition) is 6. The SMILES string of the molecule is COc1ccc(C(=O)Nc2ccc3c(c2)OC[C@H](C)N(C(C)=O)C[C@@H](C)[C@H](OC)CN(C)C3=O)cc1. The van der Waals surface area contributed by atoms with E-state index in [1.807, 2.05) is 13.8 Å². The first kappa shape index (κ1) is 27.0. The Bertz CT molecular complexity index is 1090. The van der Waals surface area contributed by atoms with Gasteiger partial charge in [0.15, 0.2) is 0 Å². The average Bonchev–Trinajstić information content (AvgIpc) is 2.87. The van der Waals surface area contributed by atoms with Crippen molar-refractivity contribution in [2.24, 2.45) is 5.92 Å². The van der Waals surface area contributed by atoms with Gasteiger partial charge in [-0.15, -0.1) is 0 Å². The highest BCUT2D eigenvalue weighted by Crippen LogP contribution is 2.27. The Hall–Kier alpha value is -3.59. The van der Waals surface area contributed by atoms with E-state index in [4.69, 9.17) is 14.2 Å². The molecule has 194 valence electrons. The number of ether oxygens (including phenoxy) is 3. The fourth-order valence-electron chi connectivity index (χ4n) is 4.23. The number of methoxy groups -OCH3 is 2. The van der Waals surface area contributed by atoms with Crippen LogP contribution in [0.4, 0.5) is 5.69 Å². The minimum Gasteiger partial charge on any atom is -0.497 e. The normalized spacial score (nSPS) is 20.9. The fraction of sp³-hybridized carbons (Fsp3) is 0.444. The van der Waals surface area contributed by atoms with Gasteiger partial charge in [-0.1, -0.05) is 6.92 Å². The number of carbonyl (C=O) groups excluding carboxylic acids is 3. The molecule has 3 atom stereocenters. The number of benzene rings is 2. The van der Waals surface area contributed by atoms with Crippen molar-refractivity contribution in [2.45, 2.75) is 32.9 Å². The van der Waals surface area contributed by atoms with Crippen molar-refractivity contribution < 1.29 is 28.6 Å². The summed E-state index contributed by atoms with van der Waals surface area (Å²) in [4.78, 5) is 41.8. The second-order valence-electron chi connectivity index (χ2n) is 9.16. The highest BCUT2D eigenvalue weighted by atomic mass is 16.5. The Labute approximate surface area is 212 Å². The number of nitrogens with one attached hydrogen (secondary N) is 1. The zero-order valence-electron chi connectivity index (χ0n) is 21.7. The van der Waals surface area contributed by atoms with Gasteiger partial charge in [0, 0.05) is 57.4 Å². The van der Waals surface area contributed by atoms with Crippen LogP contribution in [0.1, 0.15) is 41.5 Å². The van der Waals surface area contributed by atoms with E-state index >= 15 is 0 Å². The fourth-order valence-corrected chi connectivity index (χ4v) is 4.23. The van der Waals surface area contributed by atoms with E-state index in [-0.39, 0.29) is 42.4 Å². The minimum absolute atomic E-state index is 0.00559. The lowest BCUT2D eigenvalue weighted by atomic mass is 10.0. The smallest absolute Gasteiger partial charge is 0.257 e. The first-order chi connectivity index (χ1) is 17.1. The molecule has 0 spiro atoms. The van der Waals surface area contributed by atoms with Gasteiger partial charge in [0.2, 0.25) is 5.91 Å². The molecule has 0 saturated heterocycles.